The minimum atomic E-state index is -0.326. The van der Waals surface area contributed by atoms with E-state index < -0.39 is 0 Å². The molecule has 1 unspecified atom stereocenters. The van der Waals surface area contributed by atoms with Gasteiger partial charge in [-0.2, -0.15) is 16.9 Å². The SMILES string of the molecule is CCSCCC(O)Cc1c(Cl)c(C)nn1CC. The van der Waals surface area contributed by atoms with Gasteiger partial charge in [-0.1, -0.05) is 18.5 Å². The molecule has 3 nitrogen and oxygen atoms in total. The fourth-order valence-electron chi connectivity index (χ4n) is 1.75. The molecule has 1 aromatic rings. The zero-order valence-corrected chi connectivity index (χ0v) is 12.3. The molecule has 1 rings (SSSR count). The van der Waals surface area contributed by atoms with Crippen LogP contribution < -0.4 is 0 Å². The van der Waals surface area contributed by atoms with Crippen LogP contribution in [0.4, 0.5) is 0 Å². The van der Waals surface area contributed by atoms with E-state index in [1.807, 2.05) is 30.3 Å². The maximum atomic E-state index is 9.97. The van der Waals surface area contributed by atoms with Crippen LogP contribution in [0.1, 0.15) is 31.7 Å². The van der Waals surface area contributed by atoms with Gasteiger partial charge >= 0.3 is 0 Å². The highest BCUT2D eigenvalue weighted by atomic mass is 35.5. The van der Waals surface area contributed by atoms with Crippen molar-refractivity contribution in [3.63, 3.8) is 0 Å². The Bertz CT molecular complexity index is 355. The summed E-state index contributed by atoms with van der Waals surface area (Å²) >= 11 is 8.05. The summed E-state index contributed by atoms with van der Waals surface area (Å²) in [5.74, 6) is 2.09. The molecule has 1 heterocycles. The highest BCUT2D eigenvalue weighted by Gasteiger charge is 2.16. The summed E-state index contributed by atoms with van der Waals surface area (Å²) in [7, 11) is 0. The van der Waals surface area contributed by atoms with E-state index in [2.05, 4.69) is 12.0 Å². The van der Waals surface area contributed by atoms with E-state index in [1.54, 1.807) is 0 Å². The first-order valence-electron chi connectivity index (χ1n) is 6.07. The van der Waals surface area contributed by atoms with Crippen LogP contribution in [0.15, 0.2) is 0 Å². The Kier molecular flexibility index (Phi) is 6.38. The van der Waals surface area contributed by atoms with Gasteiger partial charge in [0.1, 0.15) is 0 Å². The Labute approximate surface area is 113 Å². The van der Waals surface area contributed by atoms with Gasteiger partial charge < -0.3 is 5.11 Å². The van der Waals surface area contributed by atoms with Gasteiger partial charge in [-0.3, -0.25) is 4.68 Å². The standard InChI is InChI=1S/C12H21ClN2OS/c1-4-15-11(12(13)9(3)14-15)8-10(16)6-7-17-5-2/h10,16H,4-8H2,1-3H3. The average molecular weight is 277 g/mol. The first-order valence-corrected chi connectivity index (χ1v) is 7.60. The van der Waals surface area contributed by atoms with Gasteiger partial charge in [-0.15, -0.1) is 0 Å². The maximum absolute atomic E-state index is 9.97. The Morgan fingerprint density at radius 2 is 2.18 bits per heavy atom. The van der Waals surface area contributed by atoms with Crippen molar-refractivity contribution in [3.05, 3.63) is 16.4 Å². The van der Waals surface area contributed by atoms with Crippen LogP contribution in [0.5, 0.6) is 0 Å². The van der Waals surface area contributed by atoms with Gasteiger partial charge in [0.05, 0.1) is 22.5 Å². The van der Waals surface area contributed by atoms with Crippen molar-refractivity contribution in [1.82, 2.24) is 9.78 Å². The van der Waals surface area contributed by atoms with Crippen molar-refractivity contribution >= 4 is 23.4 Å². The summed E-state index contributed by atoms with van der Waals surface area (Å²) in [4.78, 5) is 0. The number of aryl methyl sites for hydroxylation is 2. The lowest BCUT2D eigenvalue weighted by Crippen LogP contribution is -2.15. The molecule has 1 atom stereocenters. The van der Waals surface area contributed by atoms with Crippen molar-refractivity contribution < 1.29 is 5.11 Å². The first-order chi connectivity index (χ1) is 8.10. The lowest BCUT2D eigenvalue weighted by molar-refractivity contribution is 0.169. The molecule has 0 saturated heterocycles. The van der Waals surface area contributed by atoms with Gasteiger partial charge in [0.2, 0.25) is 0 Å². The Morgan fingerprint density at radius 1 is 1.47 bits per heavy atom. The van der Waals surface area contributed by atoms with Crippen molar-refractivity contribution in [1.29, 1.82) is 0 Å². The average Bonchev–Trinajstić information content (AvgIpc) is 2.57. The third kappa shape index (κ3) is 4.19. The third-order valence-electron chi connectivity index (χ3n) is 2.68. The van der Waals surface area contributed by atoms with Crippen LogP contribution in [-0.2, 0) is 13.0 Å². The minimum Gasteiger partial charge on any atom is -0.393 e. The molecule has 0 saturated carbocycles. The lowest BCUT2D eigenvalue weighted by atomic mass is 10.1. The Hall–Kier alpha value is -0.190. The molecule has 0 amide bonds. The van der Waals surface area contributed by atoms with Crippen molar-refractivity contribution in [2.24, 2.45) is 0 Å². The molecule has 0 aliphatic carbocycles. The van der Waals surface area contributed by atoms with E-state index in [0.717, 1.165) is 35.9 Å². The third-order valence-corrected chi connectivity index (χ3v) is 4.11. The van der Waals surface area contributed by atoms with E-state index in [0.29, 0.717) is 11.4 Å². The minimum absolute atomic E-state index is 0.326. The van der Waals surface area contributed by atoms with Crippen molar-refractivity contribution in [3.8, 4) is 0 Å². The summed E-state index contributed by atoms with van der Waals surface area (Å²) in [6, 6.07) is 0. The summed E-state index contributed by atoms with van der Waals surface area (Å²) in [5, 5.41) is 15.0. The first kappa shape index (κ1) is 14.9. The molecule has 17 heavy (non-hydrogen) atoms. The number of hydrogen-bond donors (Lipinski definition) is 1. The predicted molar refractivity (Wildman–Crippen MR) is 75.0 cm³/mol. The zero-order valence-electron chi connectivity index (χ0n) is 10.7. The van der Waals surface area contributed by atoms with E-state index in [4.69, 9.17) is 11.6 Å². The summed E-state index contributed by atoms with van der Waals surface area (Å²) in [6.07, 6.45) is 1.08. The fourth-order valence-corrected chi connectivity index (χ4v) is 2.69. The van der Waals surface area contributed by atoms with Gasteiger partial charge in [-0.25, -0.2) is 0 Å². The molecule has 0 aliphatic heterocycles. The Morgan fingerprint density at radius 3 is 2.76 bits per heavy atom. The molecule has 1 aromatic heterocycles. The number of hydrogen-bond acceptors (Lipinski definition) is 3. The van der Waals surface area contributed by atoms with Gasteiger partial charge in [-0.05, 0) is 31.8 Å². The summed E-state index contributed by atoms with van der Waals surface area (Å²) < 4.78 is 1.88. The molecule has 0 aliphatic rings. The number of nitrogens with zero attached hydrogens (tertiary/aromatic N) is 2. The molecule has 0 radical (unpaired) electrons. The number of aliphatic hydroxyl groups excluding tert-OH is 1. The number of rotatable bonds is 7. The topological polar surface area (TPSA) is 38.1 Å². The van der Waals surface area contributed by atoms with E-state index in [1.165, 1.54) is 0 Å². The molecular weight excluding hydrogens is 256 g/mol. The Balaban J connectivity index is 2.60. The second-order valence-corrected chi connectivity index (χ2v) is 5.78. The molecule has 0 aromatic carbocycles. The number of aromatic nitrogens is 2. The fraction of sp³-hybridized carbons (Fsp3) is 0.750. The molecular formula is C12H21ClN2OS. The number of aliphatic hydroxyl groups is 1. The molecule has 5 heteroatoms. The van der Waals surface area contributed by atoms with Crippen LogP contribution in [0.2, 0.25) is 5.02 Å². The monoisotopic (exact) mass is 276 g/mol. The van der Waals surface area contributed by atoms with E-state index >= 15 is 0 Å². The quantitative estimate of drug-likeness (QED) is 0.778. The second-order valence-electron chi connectivity index (χ2n) is 4.01. The largest absolute Gasteiger partial charge is 0.393 e. The second kappa shape index (κ2) is 7.29. The summed E-state index contributed by atoms with van der Waals surface area (Å²) in [5.41, 5.74) is 1.80. The van der Waals surface area contributed by atoms with Crippen molar-refractivity contribution in [2.75, 3.05) is 11.5 Å². The smallest absolute Gasteiger partial charge is 0.0848 e. The van der Waals surface area contributed by atoms with Crippen LogP contribution in [0.3, 0.4) is 0 Å². The van der Waals surface area contributed by atoms with E-state index in [-0.39, 0.29) is 6.10 Å². The van der Waals surface area contributed by atoms with Gasteiger partial charge in [0.15, 0.2) is 0 Å². The molecule has 98 valence electrons. The van der Waals surface area contributed by atoms with Gasteiger partial charge in [0.25, 0.3) is 0 Å². The molecule has 0 fully saturated rings. The van der Waals surface area contributed by atoms with Crippen molar-refractivity contribution in [2.45, 2.75) is 46.3 Å². The van der Waals surface area contributed by atoms with Crippen LogP contribution in [-0.4, -0.2) is 32.5 Å². The van der Waals surface area contributed by atoms with E-state index in [9.17, 15) is 5.11 Å². The number of thioether (sulfide) groups is 1. The van der Waals surface area contributed by atoms with Gasteiger partial charge in [0, 0.05) is 13.0 Å². The van der Waals surface area contributed by atoms with Crippen LogP contribution in [0, 0.1) is 6.92 Å². The van der Waals surface area contributed by atoms with Crippen LogP contribution >= 0.6 is 23.4 Å². The zero-order chi connectivity index (χ0) is 12.8. The van der Waals surface area contributed by atoms with Crippen LogP contribution in [0.25, 0.3) is 0 Å². The predicted octanol–water partition coefficient (Wildman–Crippen LogP) is 2.91. The highest BCUT2D eigenvalue weighted by Crippen LogP contribution is 2.22. The lowest BCUT2D eigenvalue weighted by Gasteiger charge is -2.11. The molecule has 1 N–H and O–H groups in total. The normalized spacial score (nSPS) is 13.0. The molecule has 0 bridgehead atoms. The highest BCUT2D eigenvalue weighted by molar-refractivity contribution is 7.99. The maximum Gasteiger partial charge on any atom is 0.0848 e. The number of halogens is 1. The summed E-state index contributed by atoms with van der Waals surface area (Å²) in [6.45, 7) is 6.85. The molecule has 0 spiro atoms.